The van der Waals surface area contributed by atoms with Gasteiger partial charge in [0.1, 0.15) is 16.4 Å². The van der Waals surface area contributed by atoms with Gasteiger partial charge in [0.15, 0.2) is 0 Å². The van der Waals surface area contributed by atoms with Crippen molar-refractivity contribution in [2.75, 3.05) is 4.72 Å². The molecular weight excluding hydrogens is 329 g/mol. The average molecular weight is 347 g/mol. The number of nitrogens with one attached hydrogen (secondary N) is 1. The fraction of sp³-hybridized carbons (Fsp3) is 0.235. The number of hydrogen-bond donors (Lipinski definition) is 1. The van der Waals surface area contributed by atoms with E-state index in [0.717, 1.165) is 5.56 Å². The van der Waals surface area contributed by atoms with E-state index in [9.17, 15) is 12.8 Å². The van der Waals surface area contributed by atoms with Crippen LogP contribution in [0.5, 0.6) is 0 Å². The molecule has 2 aromatic heterocycles. The number of sulfonamides is 1. The third kappa shape index (κ3) is 2.87. The third-order valence-electron chi connectivity index (χ3n) is 3.77. The zero-order valence-corrected chi connectivity index (χ0v) is 14.4. The minimum Gasteiger partial charge on any atom is -0.329 e. The van der Waals surface area contributed by atoms with Crippen LogP contribution in [0.15, 0.2) is 47.6 Å². The largest absolute Gasteiger partial charge is 0.329 e. The fourth-order valence-corrected chi connectivity index (χ4v) is 3.83. The van der Waals surface area contributed by atoms with E-state index in [1.807, 2.05) is 13.8 Å². The second-order valence-electron chi connectivity index (χ2n) is 5.96. The number of aromatic nitrogens is 2. The molecule has 0 amide bonds. The number of anilines is 1. The summed E-state index contributed by atoms with van der Waals surface area (Å²) < 4.78 is 43.6. The molecule has 7 heteroatoms. The summed E-state index contributed by atoms with van der Waals surface area (Å²) in [4.78, 5) is 4.36. The maximum Gasteiger partial charge on any atom is 0.264 e. The van der Waals surface area contributed by atoms with E-state index in [4.69, 9.17) is 0 Å². The van der Waals surface area contributed by atoms with Gasteiger partial charge >= 0.3 is 0 Å². The van der Waals surface area contributed by atoms with E-state index in [-0.39, 0.29) is 16.6 Å². The predicted octanol–water partition coefficient (Wildman–Crippen LogP) is 3.87. The Hall–Kier alpha value is -2.41. The molecule has 3 rings (SSSR count). The molecule has 1 aromatic carbocycles. The molecule has 0 fully saturated rings. The Morgan fingerprint density at radius 3 is 2.71 bits per heavy atom. The maximum absolute atomic E-state index is 13.9. The molecule has 0 spiro atoms. The zero-order chi connectivity index (χ0) is 17.5. The van der Waals surface area contributed by atoms with E-state index in [1.54, 1.807) is 42.1 Å². The summed E-state index contributed by atoms with van der Waals surface area (Å²) in [6.45, 7) is 5.65. The van der Waals surface area contributed by atoms with Crippen LogP contribution >= 0.6 is 0 Å². The summed E-state index contributed by atoms with van der Waals surface area (Å²) >= 11 is 0. The minimum atomic E-state index is -3.94. The lowest BCUT2D eigenvalue weighted by atomic mass is 10.2. The molecule has 2 heterocycles. The molecule has 5 nitrogen and oxygen atoms in total. The van der Waals surface area contributed by atoms with Gasteiger partial charge in [0, 0.05) is 23.8 Å². The predicted molar refractivity (Wildman–Crippen MR) is 92.1 cm³/mol. The standard InChI is InChI=1S/C17H18FN3O2S/c1-11(2)21-10-16(13-5-4-8-19-17(13)21)24(22,23)20-15-9-12(3)6-7-14(15)18/h4-11,20H,1-3H3. The van der Waals surface area contributed by atoms with Crippen LogP contribution in [0.4, 0.5) is 10.1 Å². The van der Waals surface area contributed by atoms with Gasteiger partial charge in [-0.15, -0.1) is 0 Å². The molecule has 0 aliphatic heterocycles. The lowest BCUT2D eigenvalue weighted by Gasteiger charge is -2.09. The van der Waals surface area contributed by atoms with Gasteiger partial charge in [-0.3, -0.25) is 4.72 Å². The molecule has 126 valence electrons. The molecule has 0 unspecified atom stereocenters. The topological polar surface area (TPSA) is 64.0 Å². The van der Waals surface area contributed by atoms with Gasteiger partial charge in [0.2, 0.25) is 0 Å². The molecule has 3 aromatic rings. The van der Waals surface area contributed by atoms with Crippen molar-refractivity contribution in [2.45, 2.75) is 31.7 Å². The first-order chi connectivity index (χ1) is 11.3. The first kappa shape index (κ1) is 16.4. The second-order valence-corrected chi connectivity index (χ2v) is 7.61. The van der Waals surface area contributed by atoms with Gasteiger partial charge < -0.3 is 4.57 Å². The minimum absolute atomic E-state index is 0.0436. The normalized spacial score (nSPS) is 12.0. The highest BCUT2D eigenvalue weighted by Gasteiger charge is 2.23. The molecule has 0 saturated carbocycles. The summed E-state index contributed by atoms with van der Waals surface area (Å²) in [5.41, 5.74) is 1.28. The summed E-state index contributed by atoms with van der Waals surface area (Å²) in [6, 6.07) is 7.71. The first-order valence-electron chi connectivity index (χ1n) is 7.54. The highest BCUT2D eigenvalue weighted by atomic mass is 32.2. The number of hydrogen-bond acceptors (Lipinski definition) is 3. The smallest absolute Gasteiger partial charge is 0.264 e. The number of aryl methyl sites for hydroxylation is 1. The highest BCUT2D eigenvalue weighted by Crippen LogP contribution is 2.28. The lowest BCUT2D eigenvalue weighted by Crippen LogP contribution is -2.14. The quantitative estimate of drug-likeness (QED) is 0.779. The highest BCUT2D eigenvalue weighted by molar-refractivity contribution is 7.93. The molecule has 0 aliphatic rings. The summed E-state index contributed by atoms with van der Waals surface area (Å²) in [6.07, 6.45) is 3.16. The van der Waals surface area contributed by atoms with Crippen molar-refractivity contribution in [1.82, 2.24) is 9.55 Å². The van der Waals surface area contributed by atoms with E-state index >= 15 is 0 Å². The number of benzene rings is 1. The molecule has 0 saturated heterocycles. The number of fused-ring (bicyclic) bond motifs is 1. The lowest BCUT2D eigenvalue weighted by molar-refractivity contribution is 0.594. The van der Waals surface area contributed by atoms with Crippen molar-refractivity contribution in [3.8, 4) is 0 Å². The molecule has 0 bridgehead atoms. The molecule has 1 N–H and O–H groups in total. The van der Waals surface area contributed by atoms with Crippen molar-refractivity contribution in [2.24, 2.45) is 0 Å². The molecule has 24 heavy (non-hydrogen) atoms. The van der Waals surface area contributed by atoms with Crippen LogP contribution in [0, 0.1) is 12.7 Å². The zero-order valence-electron chi connectivity index (χ0n) is 13.6. The van der Waals surface area contributed by atoms with Gasteiger partial charge in [-0.25, -0.2) is 17.8 Å². The number of rotatable bonds is 4. The van der Waals surface area contributed by atoms with Crippen molar-refractivity contribution < 1.29 is 12.8 Å². The monoisotopic (exact) mass is 347 g/mol. The summed E-state index contributed by atoms with van der Waals surface area (Å²) in [5, 5.41) is 0.506. The van der Waals surface area contributed by atoms with Crippen LogP contribution < -0.4 is 4.72 Å². The Kier molecular flexibility index (Phi) is 4.04. The molecule has 0 radical (unpaired) electrons. The third-order valence-corrected chi connectivity index (χ3v) is 5.16. The Morgan fingerprint density at radius 2 is 2.00 bits per heavy atom. The molecule has 0 aliphatic carbocycles. The Bertz CT molecular complexity index is 1010. The number of pyridine rings is 1. The van der Waals surface area contributed by atoms with Crippen LogP contribution in [-0.4, -0.2) is 18.0 Å². The van der Waals surface area contributed by atoms with Gasteiger partial charge in [-0.05, 0) is 50.6 Å². The summed E-state index contributed by atoms with van der Waals surface area (Å²) in [7, 11) is -3.94. The van der Waals surface area contributed by atoms with Crippen molar-refractivity contribution in [1.29, 1.82) is 0 Å². The van der Waals surface area contributed by atoms with Gasteiger partial charge in [-0.2, -0.15) is 0 Å². The van der Waals surface area contributed by atoms with Crippen molar-refractivity contribution in [3.05, 3.63) is 54.1 Å². The van der Waals surface area contributed by atoms with Crippen LogP contribution in [0.1, 0.15) is 25.5 Å². The summed E-state index contributed by atoms with van der Waals surface area (Å²) in [5.74, 6) is -0.616. The number of nitrogens with zero attached hydrogens (tertiary/aromatic N) is 2. The Balaban J connectivity index is 2.14. The van der Waals surface area contributed by atoms with E-state index in [1.165, 1.54) is 12.1 Å². The second kappa shape index (κ2) is 5.90. The molecular formula is C17H18FN3O2S. The van der Waals surface area contributed by atoms with Crippen LogP contribution in [0.2, 0.25) is 0 Å². The van der Waals surface area contributed by atoms with Gasteiger partial charge in [0.25, 0.3) is 10.0 Å². The van der Waals surface area contributed by atoms with Crippen molar-refractivity contribution in [3.63, 3.8) is 0 Å². The first-order valence-corrected chi connectivity index (χ1v) is 9.02. The Morgan fingerprint density at radius 1 is 1.25 bits per heavy atom. The Labute approximate surface area is 140 Å². The van der Waals surface area contributed by atoms with Gasteiger partial charge in [-0.1, -0.05) is 6.07 Å². The van der Waals surface area contributed by atoms with E-state index < -0.39 is 15.8 Å². The SMILES string of the molecule is Cc1ccc(F)c(NS(=O)(=O)c2cn(C(C)C)c3ncccc23)c1. The average Bonchev–Trinajstić information content (AvgIpc) is 2.91. The van der Waals surface area contributed by atoms with Crippen LogP contribution in [0.25, 0.3) is 11.0 Å². The van der Waals surface area contributed by atoms with Gasteiger partial charge in [0.05, 0.1) is 5.69 Å². The van der Waals surface area contributed by atoms with Crippen molar-refractivity contribution >= 4 is 26.7 Å². The van der Waals surface area contributed by atoms with E-state index in [0.29, 0.717) is 11.0 Å². The van der Waals surface area contributed by atoms with Crippen LogP contribution in [-0.2, 0) is 10.0 Å². The van der Waals surface area contributed by atoms with Crippen LogP contribution in [0.3, 0.4) is 0 Å². The molecule has 0 atom stereocenters. The van der Waals surface area contributed by atoms with E-state index in [2.05, 4.69) is 9.71 Å². The fourth-order valence-electron chi connectivity index (χ4n) is 2.58. The maximum atomic E-state index is 13.9. The number of halogens is 1.